The molecule has 2 aromatic heterocycles. The van der Waals surface area contributed by atoms with E-state index >= 15 is 0 Å². The lowest BCUT2D eigenvalue weighted by atomic mass is 10.2. The highest BCUT2D eigenvalue weighted by atomic mass is 35.5. The Bertz CT molecular complexity index is 1080. The third-order valence-electron chi connectivity index (χ3n) is 4.55. The SMILES string of the molecule is CCN(CC)S(=O)(=O)c1c(C)nn(Cc2coc(-c3cccc(Cl)c3)n2)c1C. The van der Waals surface area contributed by atoms with Gasteiger partial charge in [-0.1, -0.05) is 31.5 Å². The second kappa shape index (κ2) is 8.06. The van der Waals surface area contributed by atoms with Gasteiger partial charge in [-0.25, -0.2) is 13.4 Å². The molecule has 0 spiro atoms. The molecule has 0 aliphatic carbocycles. The van der Waals surface area contributed by atoms with Gasteiger partial charge in [0.2, 0.25) is 15.9 Å². The molecule has 7 nitrogen and oxygen atoms in total. The van der Waals surface area contributed by atoms with Crippen LogP contribution in [0.2, 0.25) is 5.02 Å². The van der Waals surface area contributed by atoms with E-state index in [2.05, 4.69) is 10.1 Å². The maximum absolute atomic E-state index is 12.9. The van der Waals surface area contributed by atoms with Gasteiger partial charge in [0.05, 0.1) is 17.9 Å². The fourth-order valence-electron chi connectivity index (χ4n) is 3.19. The topological polar surface area (TPSA) is 81.2 Å². The van der Waals surface area contributed by atoms with Crippen molar-refractivity contribution in [3.63, 3.8) is 0 Å². The third kappa shape index (κ3) is 3.85. The maximum atomic E-state index is 12.9. The van der Waals surface area contributed by atoms with Gasteiger partial charge >= 0.3 is 0 Å². The van der Waals surface area contributed by atoms with Gasteiger partial charge in [0.25, 0.3) is 0 Å². The monoisotopic (exact) mass is 422 g/mol. The van der Waals surface area contributed by atoms with Gasteiger partial charge in [-0.05, 0) is 32.0 Å². The summed E-state index contributed by atoms with van der Waals surface area (Å²) < 4.78 is 34.5. The largest absolute Gasteiger partial charge is 0.444 e. The Balaban J connectivity index is 1.91. The summed E-state index contributed by atoms with van der Waals surface area (Å²) in [5, 5.41) is 5.03. The van der Waals surface area contributed by atoms with Crippen LogP contribution in [0.4, 0.5) is 0 Å². The molecule has 0 unspecified atom stereocenters. The number of sulfonamides is 1. The van der Waals surface area contributed by atoms with Crippen LogP contribution in [0.15, 0.2) is 39.8 Å². The fraction of sp³-hybridized carbons (Fsp3) is 0.368. The molecular weight excluding hydrogens is 400 g/mol. The Morgan fingerprint density at radius 3 is 2.57 bits per heavy atom. The van der Waals surface area contributed by atoms with Crippen molar-refractivity contribution in [3.05, 3.63) is 52.6 Å². The molecule has 0 atom stereocenters. The number of nitrogens with zero attached hydrogens (tertiary/aromatic N) is 4. The summed E-state index contributed by atoms with van der Waals surface area (Å²) in [6, 6.07) is 7.24. The molecule has 1 aromatic carbocycles. The normalized spacial score (nSPS) is 12.1. The van der Waals surface area contributed by atoms with Gasteiger partial charge < -0.3 is 4.42 Å². The zero-order valence-electron chi connectivity index (χ0n) is 16.3. The maximum Gasteiger partial charge on any atom is 0.246 e. The summed E-state index contributed by atoms with van der Waals surface area (Å²) in [6.45, 7) is 8.25. The molecular formula is C19H23ClN4O3S. The van der Waals surface area contributed by atoms with E-state index < -0.39 is 10.0 Å². The van der Waals surface area contributed by atoms with Crippen molar-refractivity contribution in [2.45, 2.75) is 39.1 Å². The van der Waals surface area contributed by atoms with Crippen molar-refractivity contribution >= 4 is 21.6 Å². The van der Waals surface area contributed by atoms with E-state index in [1.54, 1.807) is 36.9 Å². The predicted octanol–water partition coefficient (Wildman–Crippen LogP) is 3.89. The smallest absolute Gasteiger partial charge is 0.246 e. The molecule has 0 amide bonds. The first kappa shape index (κ1) is 20.6. The molecule has 9 heteroatoms. The lowest BCUT2D eigenvalue weighted by Crippen LogP contribution is -2.31. The van der Waals surface area contributed by atoms with Crippen LogP contribution in [0.25, 0.3) is 11.5 Å². The second-order valence-corrected chi connectivity index (χ2v) is 8.71. The van der Waals surface area contributed by atoms with Crippen LogP contribution in [0, 0.1) is 13.8 Å². The minimum atomic E-state index is -3.59. The van der Waals surface area contributed by atoms with Crippen LogP contribution in [0.5, 0.6) is 0 Å². The Kier molecular flexibility index (Phi) is 5.92. The minimum absolute atomic E-state index is 0.259. The highest BCUT2D eigenvalue weighted by molar-refractivity contribution is 7.89. The summed E-state index contributed by atoms with van der Waals surface area (Å²) >= 11 is 6.02. The summed E-state index contributed by atoms with van der Waals surface area (Å²) in [5.74, 6) is 0.454. The third-order valence-corrected chi connectivity index (χ3v) is 7.09. The number of aromatic nitrogens is 3. The van der Waals surface area contributed by atoms with Crippen LogP contribution in [-0.4, -0.2) is 40.6 Å². The number of oxazole rings is 1. The van der Waals surface area contributed by atoms with E-state index in [0.717, 1.165) is 5.56 Å². The van der Waals surface area contributed by atoms with Crippen LogP contribution in [-0.2, 0) is 16.6 Å². The van der Waals surface area contributed by atoms with Crippen molar-refractivity contribution in [2.24, 2.45) is 0 Å². The Morgan fingerprint density at radius 1 is 1.21 bits per heavy atom. The van der Waals surface area contributed by atoms with Crippen molar-refractivity contribution in [2.75, 3.05) is 13.1 Å². The molecule has 0 saturated carbocycles. The van der Waals surface area contributed by atoms with E-state index in [0.29, 0.717) is 47.6 Å². The number of hydrogen-bond acceptors (Lipinski definition) is 5. The molecule has 0 radical (unpaired) electrons. The second-order valence-electron chi connectivity index (χ2n) is 6.40. The first-order chi connectivity index (χ1) is 13.3. The van der Waals surface area contributed by atoms with E-state index in [1.165, 1.54) is 4.31 Å². The highest BCUT2D eigenvalue weighted by Gasteiger charge is 2.29. The molecule has 3 aromatic rings. The number of hydrogen-bond donors (Lipinski definition) is 0. The first-order valence-corrected chi connectivity index (χ1v) is 10.8. The van der Waals surface area contributed by atoms with Gasteiger partial charge in [-0.2, -0.15) is 9.40 Å². The van der Waals surface area contributed by atoms with Crippen molar-refractivity contribution < 1.29 is 12.8 Å². The van der Waals surface area contributed by atoms with Crippen LogP contribution in [0.3, 0.4) is 0 Å². The molecule has 2 heterocycles. The number of rotatable bonds is 7. The van der Waals surface area contributed by atoms with Gasteiger partial charge in [0.15, 0.2) is 0 Å². The summed E-state index contributed by atoms with van der Waals surface area (Å²) in [5.41, 5.74) is 2.48. The van der Waals surface area contributed by atoms with E-state index in [1.807, 2.05) is 26.0 Å². The molecule has 0 bridgehead atoms. The highest BCUT2D eigenvalue weighted by Crippen LogP contribution is 2.25. The van der Waals surface area contributed by atoms with Gasteiger partial charge in [0.1, 0.15) is 16.9 Å². The molecule has 3 rings (SSSR count). The molecule has 28 heavy (non-hydrogen) atoms. The number of aryl methyl sites for hydroxylation is 1. The van der Waals surface area contributed by atoms with Crippen LogP contribution in [0.1, 0.15) is 30.9 Å². The Labute approximate surface area is 170 Å². The lowest BCUT2D eigenvalue weighted by Gasteiger charge is -2.18. The first-order valence-electron chi connectivity index (χ1n) is 9.02. The molecule has 0 fully saturated rings. The number of halogens is 1. The molecule has 0 aliphatic heterocycles. The van der Waals surface area contributed by atoms with E-state index in [-0.39, 0.29) is 4.90 Å². The molecule has 150 valence electrons. The van der Waals surface area contributed by atoms with Crippen molar-refractivity contribution in [1.29, 1.82) is 0 Å². The van der Waals surface area contributed by atoms with Crippen molar-refractivity contribution in [3.8, 4) is 11.5 Å². The molecule has 0 N–H and O–H groups in total. The van der Waals surface area contributed by atoms with Gasteiger partial charge in [-0.15, -0.1) is 0 Å². The van der Waals surface area contributed by atoms with E-state index in [9.17, 15) is 8.42 Å². The summed E-state index contributed by atoms with van der Waals surface area (Å²) in [6.07, 6.45) is 1.55. The van der Waals surface area contributed by atoms with E-state index in [4.69, 9.17) is 16.0 Å². The zero-order chi connectivity index (χ0) is 20.5. The molecule has 0 aliphatic rings. The van der Waals surface area contributed by atoms with Gasteiger partial charge in [-0.3, -0.25) is 4.68 Å². The zero-order valence-corrected chi connectivity index (χ0v) is 17.9. The minimum Gasteiger partial charge on any atom is -0.444 e. The Hall–Kier alpha value is -2.16. The van der Waals surface area contributed by atoms with Crippen LogP contribution < -0.4 is 0 Å². The quantitative estimate of drug-likeness (QED) is 0.577. The average molecular weight is 423 g/mol. The fourth-order valence-corrected chi connectivity index (χ4v) is 5.21. The standard InChI is InChI=1S/C19H23ClN4O3S/c1-5-23(6-2)28(25,26)18-13(3)22-24(14(18)4)11-17-12-27-19(21-17)15-8-7-9-16(20)10-15/h7-10,12H,5-6,11H2,1-4H3. The molecule has 0 saturated heterocycles. The summed E-state index contributed by atoms with van der Waals surface area (Å²) in [4.78, 5) is 4.74. The number of benzene rings is 1. The Morgan fingerprint density at radius 2 is 1.93 bits per heavy atom. The van der Waals surface area contributed by atoms with Gasteiger partial charge in [0, 0.05) is 23.7 Å². The van der Waals surface area contributed by atoms with Crippen molar-refractivity contribution in [1.82, 2.24) is 19.1 Å². The predicted molar refractivity (Wildman–Crippen MR) is 108 cm³/mol. The average Bonchev–Trinajstić information content (AvgIpc) is 3.21. The van der Waals surface area contributed by atoms with Crippen LogP contribution >= 0.6 is 11.6 Å². The summed E-state index contributed by atoms with van der Waals surface area (Å²) in [7, 11) is -3.59. The lowest BCUT2D eigenvalue weighted by molar-refractivity contribution is 0.444.